The van der Waals surface area contributed by atoms with Crippen LogP contribution < -0.4 is 5.32 Å². The van der Waals surface area contributed by atoms with Crippen LogP contribution in [0.2, 0.25) is 0 Å². The Morgan fingerprint density at radius 3 is 2.77 bits per heavy atom. The number of carbonyl (C=O) groups excluding carboxylic acids is 2. The zero-order chi connectivity index (χ0) is 25.2. The van der Waals surface area contributed by atoms with E-state index >= 15 is 0 Å². The van der Waals surface area contributed by atoms with Gasteiger partial charge in [-0.05, 0) is 45.7 Å². The highest BCUT2D eigenvalue weighted by Crippen LogP contribution is 2.31. The van der Waals surface area contributed by atoms with Gasteiger partial charge in [0, 0.05) is 41.8 Å². The number of aromatic nitrogens is 2. The lowest BCUT2D eigenvalue weighted by molar-refractivity contribution is -0.120. The van der Waals surface area contributed by atoms with Crippen LogP contribution in [-0.2, 0) is 19.6 Å². The summed E-state index contributed by atoms with van der Waals surface area (Å²) >= 11 is 0. The summed E-state index contributed by atoms with van der Waals surface area (Å²) in [6.07, 6.45) is 2.61. The molecule has 0 radical (unpaired) electrons. The lowest BCUT2D eigenvalue weighted by Crippen LogP contribution is -2.44. The summed E-state index contributed by atoms with van der Waals surface area (Å²) in [5, 5.41) is 6.58. The van der Waals surface area contributed by atoms with E-state index in [9.17, 15) is 18.0 Å². The van der Waals surface area contributed by atoms with Gasteiger partial charge in [0.05, 0.1) is 18.7 Å². The van der Waals surface area contributed by atoms with Gasteiger partial charge in [0.25, 0.3) is 0 Å². The van der Waals surface area contributed by atoms with Crippen molar-refractivity contribution in [2.45, 2.75) is 38.5 Å². The first-order valence-electron chi connectivity index (χ1n) is 11.4. The van der Waals surface area contributed by atoms with Gasteiger partial charge in [-0.1, -0.05) is 17.3 Å². The Hall–Kier alpha value is -3.44. The molecule has 0 bridgehead atoms. The fraction of sp³-hybridized carbons (Fsp3) is 0.375. The molecule has 0 spiro atoms. The summed E-state index contributed by atoms with van der Waals surface area (Å²) in [4.78, 5) is 28.4. The third-order valence-electron chi connectivity index (χ3n) is 6.00. The van der Waals surface area contributed by atoms with Crippen molar-refractivity contribution in [3.63, 3.8) is 0 Å². The number of hydrogen-bond donors (Lipinski definition) is 2. The Kier molecular flexibility index (Phi) is 7.08. The van der Waals surface area contributed by atoms with Gasteiger partial charge in [0.15, 0.2) is 5.76 Å². The van der Waals surface area contributed by atoms with Crippen molar-refractivity contribution in [3.05, 3.63) is 53.5 Å². The highest BCUT2D eigenvalue weighted by atomic mass is 32.2. The van der Waals surface area contributed by atoms with Crippen molar-refractivity contribution < 1.29 is 27.3 Å². The van der Waals surface area contributed by atoms with Crippen molar-refractivity contribution >= 4 is 27.6 Å². The number of aryl methyl sites for hydroxylation is 2. The second kappa shape index (κ2) is 10.0. The fourth-order valence-corrected chi connectivity index (χ4v) is 6.33. The van der Waals surface area contributed by atoms with Crippen molar-refractivity contribution in [2.75, 3.05) is 25.0 Å². The van der Waals surface area contributed by atoms with E-state index in [-0.39, 0.29) is 36.1 Å². The van der Waals surface area contributed by atoms with Crippen LogP contribution in [-0.4, -0.2) is 54.4 Å². The smallest absolute Gasteiger partial charge is 0.341 e. The quantitative estimate of drug-likeness (QED) is 0.474. The molecule has 186 valence electrons. The second-order valence-electron chi connectivity index (χ2n) is 8.45. The molecule has 10 nitrogen and oxygen atoms in total. The highest BCUT2D eigenvalue weighted by molar-refractivity contribution is 7.89. The molecule has 1 saturated heterocycles. The molecule has 4 rings (SSSR count). The van der Waals surface area contributed by atoms with Gasteiger partial charge in [0.1, 0.15) is 10.5 Å². The number of ether oxygens (including phenoxy) is 1. The predicted octanol–water partition coefficient (Wildman–Crippen LogP) is 3.50. The van der Waals surface area contributed by atoms with Gasteiger partial charge in [-0.25, -0.2) is 13.2 Å². The largest absolute Gasteiger partial charge is 0.462 e. The molecule has 3 heterocycles. The Bertz CT molecular complexity index is 1330. The molecule has 3 aromatic rings. The number of benzene rings is 1. The topological polar surface area (TPSA) is 135 Å². The summed E-state index contributed by atoms with van der Waals surface area (Å²) in [6.45, 7) is 5.32. The number of hydrogen-bond acceptors (Lipinski definition) is 7. The molecule has 0 unspecified atom stereocenters. The third-order valence-corrected chi connectivity index (χ3v) is 8.04. The van der Waals surface area contributed by atoms with Crippen molar-refractivity contribution in [1.29, 1.82) is 0 Å². The number of aromatic amines is 1. The monoisotopic (exact) mass is 500 g/mol. The fourth-order valence-electron chi connectivity index (χ4n) is 4.39. The molecule has 35 heavy (non-hydrogen) atoms. The Morgan fingerprint density at radius 2 is 2.06 bits per heavy atom. The van der Waals surface area contributed by atoms with E-state index < -0.39 is 21.9 Å². The lowest BCUT2D eigenvalue weighted by atomic mass is 9.98. The number of esters is 1. The number of rotatable bonds is 7. The average Bonchev–Trinajstić information content (AvgIpc) is 3.47. The van der Waals surface area contributed by atoms with E-state index in [0.29, 0.717) is 35.7 Å². The number of sulfonamides is 1. The van der Waals surface area contributed by atoms with Gasteiger partial charge in [-0.15, -0.1) is 0 Å². The summed E-state index contributed by atoms with van der Waals surface area (Å²) < 4.78 is 38.8. The molecule has 2 N–H and O–H groups in total. The first kappa shape index (κ1) is 24.7. The molecular formula is C24H28N4O6S. The number of H-pyrrole nitrogens is 1. The molecule has 1 aliphatic rings. The number of amides is 1. The molecule has 0 saturated carbocycles. The minimum Gasteiger partial charge on any atom is -0.462 e. The van der Waals surface area contributed by atoms with E-state index in [1.165, 1.54) is 4.31 Å². The molecule has 2 aromatic heterocycles. The zero-order valence-electron chi connectivity index (χ0n) is 19.8. The van der Waals surface area contributed by atoms with Crippen LogP contribution in [0.3, 0.4) is 0 Å². The number of nitrogens with one attached hydrogen (secondary N) is 2. The van der Waals surface area contributed by atoms with Gasteiger partial charge >= 0.3 is 5.97 Å². The maximum Gasteiger partial charge on any atom is 0.341 e. The molecule has 1 aliphatic heterocycles. The summed E-state index contributed by atoms with van der Waals surface area (Å²) in [5.74, 6) is -0.928. The normalized spacial score (nSPS) is 16.7. The van der Waals surface area contributed by atoms with Gasteiger partial charge in [0.2, 0.25) is 15.9 Å². The number of nitrogens with zero attached hydrogens (tertiary/aromatic N) is 2. The van der Waals surface area contributed by atoms with Crippen LogP contribution in [0.15, 0.2) is 45.9 Å². The lowest BCUT2D eigenvalue weighted by Gasteiger charge is -2.31. The van der Waals surface area contributed by atoms with E-state index in [0.717, 1.165) is 5.56 Å². The van der Waals surface area contributed by atoms with Gasteiger partial charge in [-0.2, -0.15) is 4.31 Å². The van der Waals surface area contributed by atoms with Crippen LogP contribution in [0.25, 0.3) is 11.3 Å². The van der Waals surface area contributed by atoms with E-state index in [1.54, 1.807) is 51.2 Å². The Morgan fingerprint density at radius 1 is 1.26 bits per heavy atom. The summed E-state index contributed by atoms with van der Waals surface area (Å²) in [5.41, 5.74) is 2.14. The van der Waals surface area contributed by atoms with E-state index in [4.69, 9.17) is 9.26 Å². The van der Waals surface area contributed by atoms with Crippen molar-refractivity contribution in [3.8, 4) is 11.3 Å². The highest BCUT2D eigenvalue weighted by Gasteiger charge is 2.38. The summed E-state index contributed by atoms with van der Waals surface area (Å²) in [7, 11) is -4.04. The number of anilines is 1. The number of piperidine rings is 1. The van der Waals surface area contributed by atoms with Crippen molar-refractivity contribution in [1.82, 2.24) is 14.4 Å². The summed E-state index contributed by atoms with van der Waals surface area (Å²) in [6, 6.07) is 8.88. The minimum absolute atomic E-state index is 0.0140. The molecule has 0 aliphatic carbocycles. The molecule has 1 fully saturated rings. The van der Waals surface area contributed by atoms with Crippen LogP contribution in [0, 0.1) is 19.8 Å². The molecular weight excluding hydrogens is 472 g/mol. The number of carbonyl (C=O) groups is 2. The first-order valence-corrected chi connectivity index (χ1v) is 12.8. The van der Waals surface area contributed by atoms with Crippen LogP contribution in [0.5, 0.6) is 0 Å². The standard InChI is InChI=1S/C24H28N4O6S/c1-4-33-24(30)21-15(2)26-16(3)22(21)35(31,32)28-12-6-8-18(14-28)23(29)27-19-9-5-7-17(13-19)20-10-11-25-34-20/h5,7,9-11,13,18,26H,4,6,8,12,14H2,1-3H3,(H,27,29)/t18-/m1/s1. The molecule has 1 atom stereocenters. The average molecular weight is 501 g/mol. The Labute approximate surface area is 203 Å². The van der Waals surface area contributed by atoms with Crippen LogP contribution in [0.4, 0.5) is 5.69 Å². The molecule has 11 heteroatoms. The van der Waals surface area contributed by atoms with E-state index in [1.807, 2.05) is 6.07 Å². The first-order chi connectivity index (χ1) is 16.7. The van der Waals surface area contributed by atoms with Crippen molar-refractivity contribution in [2.24, 2.45) is 5.92 Å². The van der Waals surface area contributed by atoms with Gasteiger partial charge in [-0.3, -0.25) is 4.79 Å². The van der Waals surface area contributed by atoms with E-state index in [2.05, 4.69) is 15.5 Å². The van der Waals surface area contributed by atoms with Crippen LogP contribution >= 0.6 is 0 Å². The van der Waals surface area contributed by atoms with Crippen LogP contribution in [0.1, 0.15) is 41.5 Å². The van der Waals surface area contributed by atoms with Gasteiger partial charge < -0.3 is 19.6 Å². The second-order valence-corrected chi connectivity index (χ2v) is 10.3. The third kappa shape index (κ3) is 5.01. The maximum absolute atomic E-state index is 13.6. The SMILES string of the molecule is CCOC(=O)c1c(C)[nH]c(C)c1S(=O)(=O)N1CCC[C@@H](C(=O)Nc2cccc(-c3ccno3)c2)C1. The Balaban J connectivity index is 1.53. The zero-order valence-corrected chi connectivity index (χ0v) is 20.6. The molecule has 1 amide bonds. The minimum atomic E-state index is -4.04. The predicted molar refractivity (Wildman–Crippen MR) is 128 cm³/mol. The maximum atomic E-state index is 13.6. The molecule has 1 aromatic carbocycles.